The maximum Gasteiger partial charge on any atom is 0.0638 e. The van der Waals surface area contributed by atoms with E-state index < -0.39 is 0 Å². The van der Waals surface area contributed by atoms with Crippen molar-refractivity contribution < 1.29 is 0 Å². The molecule has 0 N–H and O–H groups in total. The predicted molar refractivity (Wildman–Crippen MR) is 64.0 cm³/mol. The van der Waals surface area contributed by atoms with E-state index in [1.54, 1.807) is 0 Å². The van der Waals surface area contributed by atoms with Crippen molar-refractivity contribution in [3.8, 4) is 0 Å². The van der Waals surface area contributed by atoms with Crippen molar-refractivity contribution in [3.05, 3.63) is 17.5 Å². The van der Waals surface area contributed by atoms with Gasteiger partial charge >= 0.3 is 0 Å². The lowest BCUT2D eigenvalue weighted by Crippen LogP contribution is -2.25. The molecular formula is C12H23N3. The maximum absolute atomic E-state index is 4.51. The monoisotopic (exact) mass is 209 g/mol. The summed E-state index contributed by atoms with van der Waals surface area (Å²) in [6.07, 6.45) is 2.17. The second-order valence-corrected chi connectivity index (χ2v) is 4.82. The van der Waals surface area contributed by atoms with Gasteiger partial charge in [0.15, 0.2) is 0 Å². The first kappa shape index (κ1) is 12.2. The molecule has 0 aliphatic rings. The molecule has 0 aliphatic heterocycles. The molecular weight excluding hydrogens is 186 g/mol. The largest absolute Gasteiger partial charge is 0.300 e. The molecule has 3 heteroatoms. The van der Waals surface area contributed by atoms with Gasteiger partial charge in [0.05, 0.1) is 5.69 Å². The van der Waals surface area contributed by atoms with Gasteiger partial charge in [0, 0.05) is 30.4 Å². The first-order valence-electron chi connectivity index (χ1n) is 5.66. The summed E-state index contributed by atoms with van der Waals surface area (Å²) >= 11 is 0. The molecule has 1 aromatic rings. The van der Waals surface area contributed by atoms with E-state index in [0.717, 1.165) is 12.2 Å². The van der Waals surface area contributed by atoms with Crippen LogP contribution >= 0.6 is 0 Å². The summed E-state index contributed by atoms with van der Waals surface area (Å²) in [6, 6.07) is 1.02. The number of hydrogen-bond donors (Lipinski definition) is 0. The number of aromatic nitrogens is 2. The van der Waals surface area contributed by atoms with Crippen molar-refractivity contribution in [2.24, 2.45) is 0 Å². The Balaban J connectivity index is 2.77. The second-order valence-electron chi connectivity index (χ2n) is 4.82. The number of hydrogen-bond acceptors (Lipinski definition) is 2. The molecule has 1 aromatic heterocycles. The molecule has 0 atom stereocenters. The standard InChI is InChI=1S/C12H23N3/c1-9(2)14(6)7-12-8-15(10(3)4)13-11(12)5/h8-10H,7H2,1-6H3. The van der Waals surface area contributed by atoms with Gasteiger partial charge in [0.1, 0.15) is 0 Å². The van der Waals surface area contributed by atoms with Crippen LogP contribution in [0.2, 0.25) is 0 Å². The topological polar surface area (TPSA) is 21.1 Å². The molecule has 0 spiro atoms. The van der Waals surface area contributed by atoms with Gasteiger partial charge in [0.2, 0.25) is 0 Å². The van der Waals surface area contributed by atoms with Crippen LogP contribution in [0.3, 0.4) is 0 Å². The summed E-state index contributed by atoms with van der Waals surface area (Å²) < 4.78 is 2.04. The molecule has 86 valence electrons. The third-order valence-corrected chi connectivity index (χ3v) is 2.85. The second kappa shape index (κ2) is 4.79. The Kier molecular flexibility index (Phi) is 3.91. The molecule has 0 saturated carbocycles. The lowest BCUT2D eigenvalue weighted by Gasteiger charge is -2.20. The molecule has 0 radical (unpaired) electrons. The van der Waals surface area contributed by atoms with E-state index in [2.05, 4.69) is 57.9 Å². The number of nitrogens with zero attached hydrogens (tertiary/aromatic N) is 3. The zero-order valence-corrected chi connectivity index (χ0v) is 10.8. The average Bonchev–Trinajstić information content (AvgIpc) is 2.47. The molecule has 0 fully saturated rings. The fraction of sp³-hybridized carbons (Fsp3) is 0.750. The van der Waals surface area contributed by atoms with Gasteiger partial charge < -0.3 is 0 Å². The van der Waals surface area contributed by atoms with E-state index in [1.165, 1.54) is 5.56 Å². The minimum atomic E-state index is 0.446. The van der Waals surface area contributed by atoms with Crippen LogP contribution in [0.15, 0.2) is 6.20 Å². The molecule has 0 saturated heterocycles. The van der Waals surface area contributed by atoms with E-state index in [1.807, 2.05) is 4.68 Å². The van der Waals surface area contributed by atoms with Gasteiger partial charge in [-0.05, 0) is 41.7 Å². The Morgan fingerprint density at radius 2 is 1.93 bits per heavy atom. The molecule has 0 unspecified atom stereocenters. The zero-order chi connectivity index (χ0) is 11.6. The maximum atomic E-state index is 4.51. The third-order valence-electron chi connectivity index (χ3n) is 2.85. The normalized spacial score (nSPS) is 12.1. The molecule has 0 aromatic carbocycles. The molecule has 0 amide bonds. The summed E-state index contributed by atoms with van der Waals surface area (Å²) in [5.41, 5.74) is 2.48. The van der Waals surface area contributed by atoms with Crippen molar-refractivity contribution in [1.82, 2.24) is 14.7 Å². The van der Waals surface area contributed by atoms with Crippen molar-refractivity contribution in [1.29, 1.82) is 0 Å². The van der Waals surface area contributed by atoms with Gasteiger partial charge in [-0.3, -0.25) is 9.58 Å². The molecule has 0 aliphatic carbocycles. The van der Waals surface area contributed by atoms with Crippen LogP contribution in [0, 0.1) is 6.92 Å². The minimum Gasteiger partial charge on any atom is -0.300 e. The third kappa shape index (κ3) is 3.06. The van der Waals surface area contributed by atoms with Crippen molar-refractivity contribution in [3.63, 3.8) is 0 Å². The van der Waals surface area contributed by atoms with E-state index in [4.69, 9.17) is 0 Å². The van der Waals surface area contributed by atoms with Crippen molar-refractivity contribution in [2.75, 3.05) is 7.05 Å². The Morgan fingerprint density at radius 3 is 2.33 bits per heavy atom. The van der Waals surface area contributed by atoms with Crippen LogP contribution in [-0.2, 0) is 6.54 Å². The van der Waals surface area contributed by atoms with Gasteiger partial charge in [-0.1, -0.05) is 0 Å². The minimum absolute atomic E-state index is 0.446. The number of aryl methyl sites for hydroxylation is 1. The Bertz CT molecular complexity index is 313. The van der Waals surface area contributed by atoms with E-state index in [0.29, 0.717) is 12.1 Å². The van der Waals surface area contributed by atoms with Crippen LogP contribution in [-0.4, -0.2) is 27.8 Å². The first-order valence-corrected chi connectivity index (χ1v) is 5.66. The quantitative estimate of drug-likeness (QED) is 0.760. The highest BCUT2D eigenvalue weighted by molar-refractivity contribution is 5.15. The Morgan fingerprint density at radius 1 is 1.33 bits per heavy atom. The molecule has 0 bridgehead atoms. The summed E-state index contributed by atoms with van der Waals surface area (Å²) in [5, 5.41) is 4.51. The van der Waals surface area contributed by atoms with Crippen molar-refractivity contribution >= 4 is 0 Å². The lowest BCUT2D eigenvalue weighted by molar-refractivity contribution is 0.265. The van der Waals surface area contributed by atoms with Crippen LogP contribution in [0.5, 0.6) is 0 Å². The highest BCUT2D eigenvalue weighted by atomic mass is 15.3. The van der Waals surface area contributed by atoms with E-state index >= 15 is 0 Å². The fourth-order valence-electron chi connectivity index (χ4n) is 1.39. The van der Waals surface area contributed by atoms with E-state index in [-0.39, 0.29) is 0 Å². The lowest BCUT2D eigenvalue weighted by atomic mass is 10.2. The highest BCUT2D eigenvalue weighted by Gasteiger charge is 2.10. The van der Waals surface area contributed by atoms with Gasteiger partial charge in [0.25, 0.3) is 0 Å². The molecule has 1 heterocycles. The SMILES string of the molecule is Cc1nn(C(C)C)cc1CN(C)C(C)C. The van der Waals surface area contributed by atoms with Crippen LogP contribution in [0.25, 0.3) is 0 Å². The summed E-state index contributed by atoms with van der Waals surface area (Å²) in [5.74, 6) is 0. The molecule has 15 heavy (non-hydrogen) atoms. The van der Waals surface area contributed by atoms with Gasteiger partial charge in [-0.2, -0.15) is 5.10 Å². The first-order chi connectivity index (χ1) is 6.91. The highest BCUT2D eigenvalue weighted by Crippen LogP contribution is 2.13. The average molecular weight is 209 g/mol. The molecule has 1 rings (SSSR count). The van der Waals surface area contributed by atoms with Crippen LogP contribution in [0.1, 0.15) is 45.0 Å². The summed E-state index contributed by atoms with van der Waals surface area (Å²) in [7, 11) is 2.15. The smallest absolute Gasteiger partial charge is 0.0638 e. The van der Waals surface area contributed by atoms with E-state index in [9.17, 15) is 0 Å². The fourth-order valence-corrected chi connectivity index (χ4v) is 1.39. The number of rotatable bonds is 4. The van der Waals surface area contributed by atoms with Gasteiger partial charge in [-0.15, -0.1) is 0 Å². The van der Waals surface area contributed by atoms with Crippen LogP contribution < -0.4 is 0 Å². The zero-order valence-electron chi connectivity index (χ0n) is 10.8. The molecule has 3 nitrogen and oxygen atoms in total. The summed E-state index contributed by atoms with van der Waals surface area (Å²) in [4.78, 5) is 2.33. The van der Waals surface area contributed by atoms with Crippen LogP contribution in [0.4, 0.5) is 0 Å². The van der Waals surface area contributed by atoms with Gasteiger partial charge in [-0.25, -0.2) is 0 Å². The Hall–Kier alpha value is -0.830. The predicted octanol–water partition coefficient (Wildman–Crippen LogP) is 2.61. The Labute approximate surface area is 93.1 Å². The van der Waals surface area contributed by atoms with Crippen molar-refractivity contribution in [2.45, 2.75) is 53.2 Å². The summed E-state index contributed by atoms with van der Waals surface area (Å²) in [6.45, 7) is 11.8.